The van der Waals surface area contributed by atoms with Crippen LogP contribution in [0.15, 0.2) is 71.6 Å². The number of nitrogens with zero attached hydrogens (tertiary/aromatic N) is 1. The van der Waals surface area contributed by atoms with Crippen LogP contribution < -0.4 is 10.1 Å². The van der Waals surface area contributed by atoms with E-state index in [0.717, 1.165) is 5.76 Å². The van der Waals surface area contributed by atoms with E-state index < -0.39 is 0 Å². The normalized spacial score (nSPS) is 11.9. The van der Waals surface area contributed by atoms with Crippen LogP contribution in [-0.2, 0) is 4.79 Å². The van der Waals surface area contributed by atoms with E-state index in [1.165, 1.54) is 0 Å². The van der Waals surface area contributed by atoms with E-state index in [0.29, 0.717) is 18.0 Å². The first-order valence-corrected chi connectivity index (χ1v) is 7.95. The number of amides is 1. The van der Waals surface area contributed by atoms with Crippen LogP contribution in [-0.4, -0.2) is 17.1 Å². The van der Waals surface area contributed by atoms with Crippen LogP contribution in [0.4, 0.5) is 5.69 Å². The highest BCUT2D eigenvalue weighted by Crippen LogP contribution is 2.26. The minimum atomic E-state index is -0.186. The molecule has 0 spiro atoms. The molecule has 1 N–H and O–H groups in total. The minimum absolute atomic E-state index is 0.0998. The highest BCUT2D eigenvalue weighted by atomic mass is 16.5. The molecule has 1 atom stereocenters. The Labute approximate surface area is 140 Å². The Hall–Kier alpha value is -2.95. The van der Waals surface area contributed by atoms with Crippen molar-refractivity contribution in [2.75, 3.05) is 11.9 Å². The molecule has 1 aromatic carbocycles. The summed E-state index contributed by atoms with van der Waals surface area (Å²) in [6, 6.07) is 14.8. The largest absolute Gasteiger partial charge is 0.492 e. The second-order valence-electron chi connectivity index (χ2n) is 5.34. The molecule has 0 radical (unpaired) electrons. The standard InChI is InChI=1S/C19H20N2O3/c1-2-23-17-9-4-3-8-15(17)20-19(22)14-16(18-10-7-13-24-18)21-11-5-6-12-21/h3-13,16H,2,14H2,1H3,(H,20,22)/t16-/m1/s1. The molecule has 124 valence electrons. The number of benzene rings is 1. The third-order valence-corrected chi connectivity index (χ3v) is 3.70. The van der Waals surface area contributed by atoms with Crippen molar-refractivity contribution in [3.8, 4) is 5.75 Å². The number of rotatable bonds is 7. The van der Waals surface area contributed by atoms with E-state index >= 15 is 0 Å². The highest BCUT2D eigenvalue weighted by molar-refractivity contribution is 5.92. The quantitative estimate of drug-likeness (QED) is 0.712. The van der Waals surface area contributed by atoms with Gasteiger partial charge in [-0.2, -0.15) is 0 Å². The van der Waals surface area contributed by atoms with Crippen molar-refractivity contribution in [1.82, 2.24) is 4.57 Å². The molecule has 1 amide bonds. The summed E-state index contributed by atoms with van der Waals surface area (Å²) in [5, 5.41) is 2.93. The van der Waals surface area contributed by atoms with Gasteiger partial charge in [-0.05, 0) is 43.3 Å². The van der Waals surface area contributed by atoms with Crippen LogP contribution in [0, 0.1) is 0 Å². The molecule has 2 heterocycles. The van der Waals surface area contributed by atoms with Crippen molar-refractivity contribution in [2.24, 2.45) is 0 Å². The predicted molar refractivity (Wildman–Crippen MR) is 92.1 cm³/mol. The maximum absolute atomic E-state index is 12.5. The molecule has 0 bridgehead atoms. The number of para-hydroxylation sites is 2. The van der Waals surface area contributed by atoms with Gasteiger partial charge in [0.2, 0.25) is 5.91 Å². The smallest absolute Gasteiger partial charge is 0.227 e. The van der Waals surface area contributed by atoms with Gasteiger partial charge in [-0.15, -0.1) is 0 Å². The highest BCUT2D eigenvalue weighted by Gasteiger charge is 2.20. The van der Waals surface area contributed by atoms with Crippen LogP contribution >= 0.6 is 0 Å². The van der Waals surface area contributed by atoms with Gasteiger partial charge in [0.05, 0.1) is 31.0 Å². The minimum Gasteiger partial charge on any atom is -0.492 e. The van der Waals surface area contributed by atoms with Crippen LogP contribution in [0.25, 0.3) is 0 Å². The molecule has 0 aliphatic rings. The summed E-state index contributed by atoms with van der Waals surface area (Å²) in [4.78, 5) is 12.5. The van der Waals surface area contributed by atoms with Gasteiger partial charge in [0, 0.05) is 12.4 Å². The SMILES string of the molecule is CCOc1ccccc1NC(=O)C[C@H](c1ccco1)n1cccc1. The number of aromatic nitrogens is 1. The Morgan fingerprint density at radius 3 is 2.67 bits per heavy atom. The zero-order valence-electron chi connectivity index (χ0n) is 13.5. The second kappa shape index (κ2) is 7.55. The molecular weight excluding hydrogens is 304 g/mol. The van der Waals surface area contributed by atoms with Gasteiger partial charge < -0.3 is 19.0 Å². The summed E-state index contributed by atoms with van der Waals surface area (Å²) in [5.41, 5.74) is 0.676. The van der Waals surface area contributed by atoms with Crippen molar-refractivity contribution in [3.05, 3.63) is 72.9 Å². The lowest BCUT2D eigenvalue weighted by Gasteiger charge is -2.17. The number of nitrogens with one attached hydrogen (secondary N) is 1. The number of hydrogen-bond donors (Lipinski definition) is 1. The van der Waals surface area contributed by atoms with Gasteiger partial charge in [-0.25, -0.2) is 0 Å². The Morgan fingerprint density at radius 1 is 1.17 bits per heavy atom. The first kappa shape index (κ1) is 15.9. The monoisotopic (exact) mass is 324 g/mol. The number of anilines is 1. The van der Waals surface area contributed by atoms with Crippen molar-refractivity contribution in [2.45, 2.75) is 19.4 Å². The summed E-state index contributed by atoms with van der Waals surface area (Å²) >= 11 is 0. The van der Waals surface area contributed by atoms with Gasteiger partial charge in [-0.3, -0.25) is 4.79 Å². The lowest BCUT2D eigenvalue weighted by atomic mass is 10.1. The van der Waals surface area contributed by atoms with Gasteiger partial charge in [0.1, 0.15) is 11.5 Å². The number of carbonyl (C=O) groups excluding carboxylic acids is 1. The van der Waals surface area contributed by atoms with E-state index in [1.54, 1.807) is 6.26 Å². The molecule has 0 aliphatic heterocycles. The maximum Gasteiger partial charge on any atom is 0.227 e. The Morgan fingerprint density at radius 2 is 1.96 bits per heavy atom. The van der Waals surface area contributed by atoms with Crippen LogP contribution in [0.5, 0.6) is 5.75 Å². The molecule has 24 heavy (non-hydrogen) atoms. The fourth-order valence-corrected chi connectivity index (χ4v) is 2.62. The third kappa shape index (κ3) is 3.68. The molecule has 3 rings (SSSR count). The molecule has 0 aliphatic carbocycles. The zero-order chi connectivity index (χ0) is 16.8. The van der Waals surface area contributed by atoms with Gasteiger partial charge in [-0.1, -0.05) is 12.1 Å². The van der Waals surface area contributed by atoms with Crippen molar-refractivity contribution < 1.29 is 13.9 Å². The molecule has 0 unspecified atom stereocenters. The topological polar surface area (TPSA) is 56.4 Å². The molecule has 0 fully saturated rings. The molecule has 2 aromatic heterocycles. The van der Waals surface area contributed by atoms with E-state index in [4.69, 9.17) is 9.15 Å². The first-order chi connectivity index (χ1) is 11.8. The van der Waals surface area contributed by atoms with Gasteiger partial charge in [0.15, 0.2) is 0 Å². The van der Waals surface area contributed by atoms with Crippen LogP contribution in [0.1, 0.15) is 25.1 Å². The molecule has 0 saturated heterocycles. The molecule has 3 aromatic rings. The second-order valence-corrected chi connectivity index (χ2v) is 5.34. The Kier molecular flexibility index (Phi) is 5.01. The summed E-state index contributed by atoms with van der Waals surface area (Å²) in [7, 11) is 0. The summed E-state index contributed by atoms with van der Waals surface area (Å²) in [5.74, 6) is 1.32. The van der Waals surface area contributed by atoms with Crippen LogP contribution in [0.2, 0.25) is 0 Å². The lowest BCUT2D eigenvalue weighted by Crippen LogP contribution is -2.19. The summed E-state index contributed by atoms with van der Waals surface area (Å²) < 4.78 is 13.0. The van der Waals surface area contributed by atoms with Gasteiger partial charge in [0.25, 0.3) is 0 Å². The fraction of sp³-hybridized carbons (Fsp3) is 0.211. The van der Waals surface area contributed by atoms with Crippen molar-refractivity contribution in [3.63, 3.8) is 0 Å². The van der Waals surface area contributed by atoms with E-state index in [-0.39, 0.29) is 18.4 Å². The van der Waals surface area contributed by atoms with E-state index in [2.05, 4.69) is 5.32 Å². The molecule has 5 heteroatoms. The average molecular weight is 324 g/mol. The number of carbonyl (C=O) groups is 1. The molecule has 0 saturated carbocycles. The summed E-state index contributed by atoms with van der Waals surface area (Å²) in [6.07, 6.45) is 5.74. The van der Waals surface area contributed by atoms with E-state index in [9.17, 15) is 4.79 Å². The van der Waals surface area contributed by atoms with Gasteiger partial charge >= 0.3 is 0 Å². The Balaban J connectivity index is 1.75. The zero-order valence-corrected chi connectivity index (χ0v) is 13.5. The molecule has 5 nitrogen and oxygen atoms in total. The van der Waals surface area contributed by atoms with E-state index in [1.807, 2.05) is 72.4 Å². The van der Waals surface area contributed by atoms with Crippen molar-refractivity contribution >= 4 is 11.6 Å². The maximum atomic E-state index is 12.5. The van der Waals surface area contributed by atoms with Crippen LogP contribution in [0.3, 0.4) is 0 Å². The predicted octanol–water partition coefficient (Wildman–Crippen LogP) is 4.10. The summed E-state index contributed by atoms with van der Waals surface area (Å²) in [6.45, 7) is 2.46. The first-order valence-electron chi connectivity index (χ1n) is 7.95. The average Bonchev–Trinajstić information content (AvgIpc) is 3.29. The van der Waals surface area contributed by atoms with Crippen molar-refractivity contribution in [1.29, 1.82) is 0 Å². The molecular formula is C19H20N2O3. The number of ether oxygens (including phenoxy) is 1. The number of hydrogen-bond acceptors (Lipinski definition) is 3. The Bertz CT molecular complexity index is 730. The fourth-order valence-electron chi connectivity index (χ4n) is 2.62. The third-order valence-electron chi connectivity index (χ3n) is 3.70. The number of furan rings is 1. The lowest BCUT2D eigenvalue weighted by molar-refractivity contribution is -0.116.